The van der Waals surface area contributed by atoms with Crippen LogP contribution in [0, 0.1) is 17.6 Å². The molecule has 3 rings (SSSR count). The lowest BCUT2D eigenvalue weighted by molar-refractivity contribution is -0.117. The Morgan fingerprint density at radius 2 is 2.12 bits per heavy atom. The molecule has 25 heavy (non-hydrogen) atoms. The summed E-state index contributed by atoms with van der Waals surface area (Å²) in [6.07, 6.45) is 2.16. The van der Waals surface area contributed by atoms with Crippen molar-refractivity contribution in [3.63, 3.8) is 0 Å². The third kappa shape index (κ3) is 4.11. The smallest absolute Gasteiger partial charge is 0.237 e. The van der Waals surface area contributed by atoms with E-state index in [1.54, 1.807) is 25.4 Å². The normalized spacial score (nSPS) is 18.7. The summed E-state index contributed by atoms with van der Waals surface area (Å²) in [6.45, 7) is 0.724. The Bertz CT molecular complexity index is 770. The zero-order chi connectivity index (χ0) is 17.8. The maximum Gasteiger partial charge on any atom is 0.237 e. The predicted octanol–water partition coefficient (Wildman–Crippen LogP) is 3.13. The Hall–Kier alpha value is -2.54. The SMILES string of the molecule is COCCOc1ncccc1NC(=O)[C@@H]1C[C@@H]1c1ccc(F)c(F)c1. The van der Waals surface area contributed by atoms with Crippen molar-refractivity contribution in [1.29, 1.82) is 0 Å². The predicted molar refractivity (Wildman–Crippen MR) is 87.4 cm³/mol. The van der Waals surface area contributed by atoms with Crippen LogP contribution in [0.5, 0.6) is 5.88 Å². The molecule has 1 aromatic carbocycles. The Morgan fingerprint density at radius 3 is 2.88 bits per heavy atom. The lowest BCUT2D eigenvalue weighted by Crippen LogP contribution is -2.16. The van der Waals surface area contributed by atoms with Gasteiger partial charge in [0.05, 0.1) is 6.61 Å². The van der Waals surface area contributed by atoms with Crippen LogP contribution in [0.25, 0.3) is 0 Å². The van der Waals surface area contributed by atoms with Gasteiger partial charge in [-0.05, 0) is 42.2 Å². The van der Waals surface area contributed by atoms with Crippen molar-refractivity contribution in [2.45, 2.75) is 12.3 Å². The summed E-state index contributed by atoms with van der Waals surface area (Å²) in [7, 11) is 1.57. The minimum atomic E-state index is -0.898. The molecule has 1 N–H and O–H groups in total. The van der Waals surface area contributed by atoms with Crippen molar-refractivity contribution in [3.8, 4) is 5.88 Å². The van der Waals surface area contributed by atoms with Gasteiger partial charge in [-0.1, -0.05) is 6.07 Å². The second-order valence-electron chi connectivity index (χ2n) is 5.81. The number of anilines is 1. The van der Waals surface area contributed by atoms with Crippen LogP contribution in [-0.2, 0) is 9.53 Å². The van der Waals surface area contributed by atoms with Gasteiger partial charge in [0.25, 0.3) is 0 Å². The van der Waals surface area contributed by atoms with Gasteiger partial charge in [0.2, 0.25) is 11.8 Å². The zero-order valence-corrected chi connectivity index (χ0v) is 13.7. The van der Waals surface area contributed by atoms with E-state index in [2.05, 4.69) is 10.3 Å². The third-order valence-corrected chi connectivity index (χ3v) is 4.05. The van der Waals surface area contributed by atoms with E-state index in [-0.39, 0.29) is 17.7 Å². The van der Waals surface area contributed by atoms with Gasteiger partial charge in [-0.3, -0.25) is 4.79 Å². The average molecular weight is 348 g/mol. The number of pyridine rings is 1. The lowest BCUT2D eigenvalue weighted by Gasteiger charge is -2.11. The van der Waals surface area contributed by atoms with E-state index in [0.717, 1.165) is 12.1 Å². The molecule has 0 aliphatic heterocycles. The Kier molecular flexibility index (Phi) is 5.23. The maximum absolute atomic E-state index is 13.3. The molecular formula is C18H18F2N2O3. The number of nitrogens with zero attached hydrogens (tertiary/aromatic N) is 1. The van der Waals surface area contributed by atoms with Gasteiger partial charge in [0.15, 0.2) is 11.6 Å². The van der Waals surface area contributed by atoms with E-state index in [0.29, 0.717) is 36.8 Å². The van der Waals surface area contributed by atoms with Crippen molar-refractivity contribution >= 4 is 11.6 Å². The molecule has 1 aliphatic carbocycles. The molecule has 2 atom stereocenters. The van der Waals surface area contributed by atoms with Crippen LogP contribution in [0.3, 0.4) is 0 Å². The van der Waals surface area contributed by atoms with Crippen molar-refractivity contribution in [2.24, 2.45) is 5.92 Å². The number of hydrogen-bond donors (Lipinski definition) is 1. The number of nitrogens with one attached hydrogen (secondary N) is 1. The number of carbonyl (C=O) groups excluding carboxylic acids is 1. The van der Waals surface area contributed by atoms with Crippen molar-refractivity contribution < 1.29 is 23.0 Å². The lowest BCUT2D eigenvalue weighted by atomic mass is 10.1. The number of ether oxygens (including phenoxy) is 2. The van der Waals surface area contributed by atoms with Crippen molar-refractivity contribution in [2.75, 3.05) is 25.6 Å². The first-order chi connectivity index (χ1) is 12.1. The van der Waals surface area contributed by atoms with Gasteiger partial charge >= 0.3 is 0 Å². The minimum Gasteiger partial charge on any atom is -0.474 e. The van der Waals surface area contributed by atoms with Gasteiger partial charge in [-0.2, -0.15) is 0 Å². The highest BCUT2D eigenvalue weighted by molar-refractivity contribution is 5.96. The largest absolute Gasteiger partial charge is 0.474 e. The Morgan fingerprint density at radius 1 is 1.28 bits per heavy atom. The highest BCUT2D eigenvalue weighted by Gasteiger charge is 2.44. The molecule has 1 amide bonds. The van der Waals surface area contributed by atoms with Crippen LogP contribution in [0.15, 0.2) is 36.5 Å². The van der Waals surface area contributed by atoms with Crippen LogP contribution in [-0.4, -0.2) is 31.2 Å². The number of halogens is 2. The molecule has 7 heteroatoms. The molecular weight excluding hydrogens is 330 g/mol. The van der Waals surface area contributed by atoms with Gasteiger partial charge in [0.1, 0.15) is 12.3 Å². The third-order valence-electron chi connectivity index (χ3n) is 4.05. The van der Waals surface area contributed by atoms with E-state index in [1.807, 2.05) is 0 Å². The van der Waals surface area contributed by atoms with Crippen molar-refractivity contribution in [1.82, 2.24) is 4.98 Å². The van der Waals surface area contributed by atoms with Crippen LogP contribution in [0.1, 0.15) is 17.9 Å². The standard InChI is InChI=1S/C18H18F2N2O3/c1-24-7-8-25-18-16(3-2-6-21-18)22-17(23)13-10-12(13)11-4-5-14(19)15(20)9-11/h2-6,9,12-13H,7-8,10H2,1H3,(H,22,23)/t12-,13-/m1/s1. The summed E-state index contributed by atoms with van der Waals surface area (Å²) >= 11 is 0. The fourth-order valence-electron chi connectivity index (χ4n) is 2.64. The van der Waals surface area contributed by atoms with Crippen molar-refractivity contribution in [3.05, 3.63) is 53.7 Å². The highest BCUT2D eigenvalue weighted by atomic mass is 19.2. The molecule has 1 heterocycles. The van der Waals surface area contributed by atoms with E-state index in [1.165, 1.54) is 6.07 Å². The van der Waals surface area contributed by atoms with Crippen LogP contribution in [0.4, 0.5) is 14.5 Å². The highest BCUT2D eigenvalue weighted by Crippen LogP contribution is 2.48. The molecule has 0 unspecified atom stereocenters. The number of methoxy groups -OCH3 is 1. The minimum absolute atomic E-state index is 0.107. The first-order valence-corrected chi connectivity index (χ1v) is 7.92. The average Bonchev–Trinajstić information content (AvgIpc) is 3.40. The molecule has 0 spiro atoms. The molecule has 5 nitrogen and oxygen atoms in total. The number of amides is 1. The molecule has 1 aliphatic rings. The maximum atomic E-state index is 13.3. The summed E-state index contributed by atoms with van der Waals surface area (Å²) in [4.78, 5) is 16.5. The summed E-state index contributed by atoms with van der Waals surface area (Å²) in [5, 5.41) is 2.79. The summed E-state index contributed by atoms with van der Waals surface area (Å²) in [5.41, 5.74) is 1.10. The molecule has 0 bridgehead atoms. The van der Waals surface area contributed by atoms with Gasteiger partial charge in [-0.25, -0.2) is 13.8 Å². The molecule has 0 radical (unpaired) electrons. The Labute approximate surface area is 144 Å². The number of benzene rings is 1. The number of hydrogen-bond acceptors (Lipinski definition) is 4. The topological polar surface area (TPSA) is 60.5 Å². The first-order valence-electron chi connectivity index (χ1n) is 7.92. The van der Waals surface area contributed by atoms with Crippen LogP contribution < -0.4 is 10.1 Å². The summed E-state index contributed by atoms with van der Waals surface area (Å²) < 4.78 is 36.7. The summed E-state index contributed by atoms with van der Waals surface area (Å²) in [6, 6.07) is 7.14. The van der Waals surface area contributed by atoms with E-state index in [4.69, 9.17) is 9.47 Å². The quantitative estimate of drug-likeness (QED) is 0.781. The van der Waals surface area contributed by atoms with E-state index < -0.39 is 11.6 Å². The van der Waals surface area contributed by atoms with Crippen LogP contribution >= 0.6 is 0 Å². The Balaban J connectivity index is 1.63. The fourth-order valence-corrected chi connectivity index (χ4v) is 2.64. The number of carbonyl (C=O) groups is 1. The monoisotopic (exact) mass is 348 g/mol. The molecule has 2 aromatic rings. The summed E-state index contributed by atoms with van der Waals surface area (Å²) in [5.74, 6) is -2.05. The second kappa shape index (κ2) is 7.57. The first kappa shape index (κ1) is 17.3. The molecule has 1 aromatic heterocycles. The second-order valence-corrected chi connectivity index (χ2v) is 5.81. The van der Waals surface area contributed by atoms with Gasteiger partial charge in [-0.15, -0.1) is 0 Å². The van der Waals surface area contributed by atoms with Crippen LogP contribution in [0.2, 0.25) is 0 Å². The molecule has 1 fully saturated rings. The zero-order valence-electron chi connectivity index (χ0n) is 13.7. The molecule has 132 valence electrons. The van der Waals surface area contributed by atoms with Gasteiger partial charge < -0.3 is 14.8 Å². The van der Waals surface area contributed by atoms with Gasteiger partial charge in [0, 0.05) is 19.2 Å². The fraction of sp³-hybridized carbons (Fsp3) is 0.333. The van der Waals surface area contributed by atoms with E-state index in [9.17, 15) is 13.6 Å². The molecule has 1 saturated carbocycles. The van der Waals surface area contributed by atoms with E-state index >= 15 is 0 Å². The number of aromatic nitrogens is 1. The number of rotatable bonds is 7. The molecule has 0 saturated heterocycles.